The molecule has 2 aliphatic heterocycles. The molecular formula is C18H22N8O. The van der Waals surface area contributed by atoms with Gasteiger partial charge in [-0.3, -0.25) is 9.55 Å². The Morgan fingerprint density at radius 3 is 2.89 bits per heavy atom. The summed E-state index contributed by atoms with van der Waals surface area (Å²) in [5.74, 6) is 2.46. The van der Waals surface area contributed by atoms with Crippen molar-refractivity contribution in [3.05, 3.63) is 31.0 Å². The van der Waals surface area contributed by atoms with E-state index in [9.17, 15) is 0 Å². The van der Waals surface area contributed by atoms with Gasteiger partial charge in [0.15, 0.2) is 5.82 Å². The first-order chi connectivity index (χ1) is 13.4. The minimum atomic E-state index is 0.395. The van der Waals surface area contributed by atoms with Gasteiger partial charge in [0, 0.05) is 31.7 Å². The van der Waals surface area contributed by atoms with E-state index in [1.807, 2.05) is 10.8 Å². The Labute approximate surface area is 156 Å². The molecule has 2 saturated heterocycles. The van der Waals surface area contributed by atoms with Crippen LogP contribution < -0.4 is 15.5 Å². The summed E-state index contributed by atoms with van der Waals surface area (Å²) < 4.78 is 7.40. The molecule has 0 aromatic carbocycles. The van der Waals surface area contributed by atoms with Crippen LogP contribution in [0.5, 0.6) is 0 Å². The predicted octanol–water partition coefficient (Wildman–Crippen LogP) is 0.821. The molecule has 0 radical (unpaired) electrons. The minimum Gasteiger partial charge on any atom is -0.378 e. The van der Waals surface area contributed by atoms with Crippen molar-refractivity contribution in [3.63, 3.8) is 0 Å². The standard InChI is InChI=1S/C18H22N8O/c1-2-19-8-13(1)23-16-10-20-11-18(24-16)26-12-22-14-9-21-17(7-15(14)26)25-3-5-27-6-4-25/h7,9-13,19H,1-6,8H2,(H,23,24). The van der Waals surface area contributed by atoms with E-state index in [1.54, 1.807) is 18.7 Å². The number of imidazole rings is 1. The summed E-state index contributed by atoms with van der Waals surface area (Å²) in [5, 5.41) is 6.80. The van der Waals surface area contributed by atoms with Gasteiger partial charge < -0.3 is 20.3 Å². The number of fused-ring (bicyclic) bond motifs is 1. The number of nitrogens with one attached hydrogen (secondary N) is 2. The fourth-order valence-corrected chi connectivity index (χ4v) is 3.58. The molecule has 27 heavy (non-hydrogen) atoms. The Kier molecular flexibility index (Phi) is 4.30. The molecule has 9 heteroatoms. The van der Waals surface area contributed by atoms with Gasteiger partial charge in [-0.1, -0.05) is 0 Å². The van der Waals surface area contributed by atoms with Crippen molar-refractivity contribution in [1.82, 2.24) is 29.8 Å². The first-order valence-electron chi connectivity index (χ1n) is 9.32. The van der Waals surface area contributed by atoms with E-state index in [1.165, 1.54) is 0 Å². The first-order valence-corrected chi connectivity index (χ1v) is 9.32. The van der Waals surface area contributed by atoms with Crippen LogP contribution in [0.15, 0.2) is 31.0 Å². The molecule has 3 aromatic heterocycles. The molecule has 0 saturated carbocycles. The SMILES string of the molecule is c1ncc(-n2cnc3cnc(N4CCOCC4)cc32)nc1NC1CCNC1. The highest BCUT2D eigenvalue weighted by atomic mass is 16.5. The second-order valence-electron chi connectivity index (χ2n) is 6.84. The lowest BCUT2D eigenvalue weighted by Gasteiger charge is -2.27. The molecule has 0 aliphatic carbocycles. The van der Waals surface area contributed by atoms with Gasteiger partial charge >= 0.3 is 0 Å². The van der Waals surface area contributed by atoms with Gasteiger partial charge in [0.25, 0.3) is 0 Å². The highest BCUT2D eigenvalue weighted by Crippen LogP contribution is 2.22. The molecular weight excluding hydrogens is 344 g/mol. The molecule has 5 heterocycles. The number of pyridine rings is 1. The molecule has 2 fully saturated rings. The lowest BCUT2D eigenvalue weighted by atomic mass is 10.3. The first kappa shape index (κ1) is 16.4. The van der Waals surface area contributed by atoms with Gasteiger partial charge in [0.2, 0.25) is 0 Å². The molecule has 0 spiro atoms. The van der Waals surface area contributed by atoms with E-state index >= 15 is 0 Å². The summed E-state index contributed by atoms with van der Waals surface area (Å²) in [5.41, 5.74) is 1.81. The normalized spacial score (nSPS) is 20.3. The Hall–Kier alpha value is -2.78. The quantitative estimate of drug-likeness (QED) is 0.701. The van der Waals surface area contributed by atoms with Crippen molar-refractivity contribution in [2.75, 3.05) is 49.6 Å². The molecule has 0 bridgehead atoms. The van der Waals surface area contributed by atoms with E-state index in [0.717, 1.165) is 74.3 Å². The van der Waals surface area contributed by atoms with Crippen molar-refractivity contribution in [3.8, 4) is 5.82 Å². The Morgan fingerprint density at radius 2 is 2.04 bits per heavy atom. The Morgan fingerprint density at radius 1 is 1.11 bits per heavy atom. The highest BCUT2D eigenvalue weighted by Gasteiger charge is 2.17. The number of aromatic nitrogens is 5. The third-order valence-electron chi connectivity index (χ3n) is 5.04. The number of nitrogens with zero attached hydrogens (tertiary/aromatic N) is 6. The summed E-state index contributed by atoms with van der Waals surface area (Å²) in [6, 6.07) is 2.46. The van der Waals surface area contributed by atoms with Crippen LogP contribution in [0.1, 0.15) is 6.42 Å². The highest BCUT2D eigenvalue weighted by molar-refractivity contribution is 5.79. The van der Waals surface area contributed by atoms with Crippen LogP contribution in [0.3, 0.4) is 0 Å². The van der Waals surface area contributed by atoms with Crippen LogP contribution in [0.4, 0.5) is 11.6 Å². The summed E-state index contributed by atoms with van der Waals surface area (Å²) in [7, 11) is 0. The predicted molar refractivity (Wildman–Crippen MR) is 102 cm³/mol. The largest absolute Gasteiger partial charge is 0.378 e. The molecule has 2 N–H and O–H groups in total. The molecule has 9 nitrogen and oxygen atoms in total. The number of hydrogen-bond acceptors (Lipinski definition) is 8. The number of rotatable bonds is 4. The summed E-state index contributed by atoms with van der Waals surface area (Å²) >= 11 is 0. The van der Waals surface area contributed by atoms with Crippen molar-refractivity contribution >= 4 is 22.7 Å². The number of anilines is 2. The van der Waals surface area contributed by atoms with E-state index in [0.29, 0.717) is 6.04 Å². The van der Waals surface area contributed by atoms with Gasteiger partial charge in [-0.05, 0) is 13.0 Å². The molecule has 1 unspecified atom stereocenters. The lowest BCUT2D eigenvalue weighted by molar-refractivity contribution is 0.122. The number of ether oxygens (including phenoxy) is 1. The third-order valence-corrected chi connectivity index (χ3v) is 5.04. The van der Waals surface area contributed by atoms with E-state index < -0.39 is 0 Å². The van der Waals surface area contributed by atoms with Crippen LogP contribution in [0.25, 0.3) is 16.9 Å². The Bertz CT molecular complexity index is 930. The number of morpholine rings is 1. The fraction of sp³-hybridized carbons (Fsp3) is 0.444. The zero-order valence-corrected chi connectivity index (χ0v) is 15.0. The maximum atomic E-state index is 5.44. The third kappa shape index (κ3) is 3.31. The van der Waals surface area contributed by atoms with Crippen LogP contribution in [0, 0.1) is 0 Å². The van der Waals surface area contributed by atoms with Gasteiger partial charge in [-0.25, -0.2) is 15.0 Å². The zero-order valence-electron chi connectivity index (χ0n) is 15.0. The summed E-state index contributed by atoms with van der Waals surface area (Å²) in [4.78, 5) is 20.4. The molecule has 3 aromatic rings. The summed E-state index contributed by atoms with van der Waals surface area (Å²) in [6.07, 6.45) is 8.21. The van der Waals surface area contributed by atoms with Crippen molar-refractivity contribution in [2.45, 2.75) is 12.5 Å². The van der Waals surface area contributed by atoms with Crippen molar-refractivity contribution in [2.24, 2.45) is 0 Å². The van der Waals surface area contributed by atoms with Crippen LogP contribution in [-0.4, -0.2) is 69.9 Å². The second-order valence-corrected chi connectivity index (χ2v) is 6.84. The average molecular weight is 366 g/mol. The van der Waals surface area contributed by atoms with E-state index in [2.05, 4.69) is 36.6 Å². The maximum absolute atomic E-state index is 5.44. The smallest absolute Gasteiger partial charge is 0.159 e. The zero-order chi connectivity index (χ0) is 18.1. The number of hydrogen-bond donors (Lipinski definition) is 2. The van der Waals surface area contributed by atoms with Crippen molar-refractivity contribution < 1.29 is 4.74 Å². The second kappa shape index (κ2) is 7.09. The fourth-order valence-electron chi connectivity index (χ4n) is 3.58. The average Bonchev–Trinajstić information content (AvgIpc) is 3.38. The Balaban J connectivity index is 1.47. The molecule has 1 atom stereocenters. The molecule has 5 rings (SSSR count). The topological polar surface area (TPSA) is 93.0 Å². The van der Waals surface area contributed by atoms with Crippen LogP contribution >= 0.6 is 0 Å². The van der Waals surface area contributed by atoms with E-state index in [-0.39, 0.29) is 0 Å². The summed E-state index contributed by atoms with van der Waals surface area (Å²) in [6.45, 7) is 5.15. The van der Waals surface area contributed by atoms with Gasteiger partial charge in [-0.2, -0.15) is 0 Å². The molecule has 2 aliphatic rings. The van der Waals surface area contributed by atoms with Gasteiger partial charge in [-0.15, -0.1) is 0 Å². The van der Waals surface area contributed by atoms with Gasteiger partial charge in [0.05, 0.1) is 37.3 Å². The monoisotopic (exact) mass is 366 g/mol. The molecule has 0 amide bonds. The van der Waals surface area contributed by atoms with Crippen LogP contribution in [0.2, 0.25) is 0 Å². The minimum absolute atomic E-state index is 0.395. The lowest BCUT2D eigenvalue weighted by Crippen LogP contribution is -2.36. The molecule has 140 valence electrons. The van der Waals surface area contributed by atoms with E-state index in [4.69, 9.17) is 9.72 Å². The maximum Gasteiger partial charge on any atom is 0.159 e. The van der Waals surface area contributed by atoms with Crippen molar-refractivity contribution in [1.29, 1.82) is 0 Å². The van der Waals surface area contributed by atoms with Gasteiger partial charge in [0.1, 0.15) is 23.5 Å². The van der Waals surface area contributed by atoms with Crippen LogP contribution in [-0.2, 0) is 4.74 Å².